The van der Waals surface area contributed by atoms with Crippen LogP contribution >= 0.6 is 15.9 Å². The van der Waals surface area contributed by atoms with Gasteiger partial charge in [-0.05, 0) is 40.0 Å². The molecular weight excluding hydrogens is 376 g/mol. The molecule has 23 heavy (non-hydrogen) atoms. The van der Waals surface area contributed by atoms with Gasteiger partial charge in [-0.1, -0.05) is 27.7 Å². The van der Waals surface area contributed by atoms with Gasteiger partial charge in [0.2, 0.25) is 0 Å². The molecule has 0 radical (unpaired) electrons. The Hall–Kier alpha value is -1.01. The molecule has 0 amide bonds. The van der Waals surface area contributed by atoms with Crippen LogP contribution in [0.2, 0.25) is 18.1 Å². The fourth-order valence-electron chi connectivity index (χ4n) is 2.56. The molecule has 1 aliphatic heterocycles. The second kappa shape index (κ2) is 6.13. The molecule has 1 aromatic carbocycles. The predicted octanol–water partition coefficient (Wildman–Crippen LogP) is 5.15. The Morgan fingerprint density at radius 3 is 2.43 bits per heavy atom. The molecule has 0 unspecified atom stereocenters. The van der Waals surface area contributed by atoms with E-state index in [0.717, 1.165) is 5.56 Å². The second-order valence-electron chi connectivity index (χ2n) is 7.31. The quantitative estimate of drug-likeness (QED) is 0.506. The van der Waals surface area contributed by atoms with E-state index in [1.54, 1.807) is 7.11 Å². The van der Waals surface area contributed by atoms with Crippen molar-refractivity contribution in [3.05, 3.63) is 21.7 Å². The number of cyclic esters (lactones) is 1. The van der Waals surface area contributed by atoms with Gasteiger partial charge in [0, 0.05) is 11.6 Å². The van der Waals surface area contributed by atoms with Gasteiger partial charge in [-0.25, -0.2) is 4.79 Å². The molecule has 0 fully saturated rings. The van der Waals surface area contributed by atoms with Crippen LogP contribution in [0.5, 0.6) is 11.5 Å². The molecular formula is C17H25BrO4Si. The molecule has 2 rings (SSSR count). The van der Waals surface area contributed by atoms with Gasteiger partial charge in [-0.15, -0.1) is 0 Å². The summed E-state index contributed by atoms with van der Waals surface area (Å²) < 4.78 is 17.7. The summed E-state index contributed by atoms with van der Waals surface area (Å²) in [6, 6.07) is 1.86. The zero-order valence-electron chi connectivity index (χ0n) is 14.9. The Kier molecular flexibility index (Phi) is 4.88. The van der Waals surface area contributed by atoms with Crippen LogP contribution in [0.1, 0.15) is 43.6 Å². The molecule has 0 saturated heterocycles. The lowest BCUT2D eigenvalue weighted by Crippen LogP contribution is -2.48. The summed E-state index contributed by atoms with van der Waals surface area (Å²) in [4.78, 5) is 12.0. The van der Waals surface area contributed by atoms with E-state index in [0.29, 0.717) is 27.5 Å². The third-order valence-electron chi connectivity index (χ3n) is 5.43. The van der Waals surface area contributed by atoms with Crippen LogP contribution in [0.4, 0.5) is 0 Å². The van der Waals surface area contributed by atoms with Gasteiger partial charge < -0.3 is 13.9 Å². The highest BCUT2D eigenvalue weighted by atomic mass is 79.9. The van der Waals surface area contributed by atoms with Crippen LogP contribution in [-0.4, -0.2) is 21.4 Å². The standard InChI is InChI=1S/C17H25BrO4Si/c1-10(2)17(3,4)23(6,7)22-12-8-13(20-5)15(18)14-11(12)9-21-16(14)19/h8,10H,9H2,1-7H3. The maximum absolute atomic E-state index is 12.0. The summed E-state index contributed by atoms with van der Waals surface area (Å²) in [7, 11) is -0.510. The molecule has 0 atom stereocenters. The van der Waals surface area contributed by atoms with E-state index < -0.39 is 8.32 Å². The largest absolute Gasteiger partial charge is 0.543 e. The van der Waals surface area contributed by atoms with Crippen molar-refractivity contribution in [1.29, 1.82) is 0 Å². The zero-order valence-corrected chi connectivity index (χ0v) is 17.5. The molecule has 1 aromatic rings. The van der Waals surface area contributed by atoms with Gasteiger partial charge in [0.15, 0.2) is 0 Å². The first-order valence-corrected chi connectivity index (χ1v) is 11.5. The van der Waals surface area contributed by atoms with Crippen LogP contribution in [0.25, 0.3) is 0 Å². The third-order valence-corrected chi connectivity index (χ3v) is 10.6. The lowest BCUT2D eigenvalue weighted by atomic mass is 9.99. The highest BCUT2D eigenvalue weighted by molar-refractivity contribution is 9.10. The number of carbonyl (C=O) groups excluding carboxylic acids is 1. The summed E-state index contributed by atoms with van der Waals surface area (Å²) in [5.74, 6) is 1.45. The van der Waals surface area contributed by atoms with Crippen LogP contribution in [-0.2, 0) is 11.3 Å². The molecule has 1 heterocycles. The topological polar surface area (TPSA) is 44.8 Å². The maximum atomic E-state index is 12.0. The van der Waals surface area contributed by atoms with E-state index in [2.05, 4.69) is 56.7 Å². The fraction of sp³-hybridized carbons (Fsp3) is 0.588. The number of rotatable bonds is 5. The summed E-state index contributed by atoms with van der Waals surface area (Å²) in [6.45, 7) is 13.6. The van der Waals surface area contributed by atoms with Crippen LogP contribution < -0.4 is 9.16 Å². The summed E-state index contributed by atoms with van der Waals surface area (Å²) in [6.07, 6.45) is 0. The third kappa shape index (κ3) is 3.03. The Morgan fingerprint density at radius 1 is 1.30 bits per heavy atom. The van der Waals surface area contributed by atoms with Gasteiger partial charge >= 0.3 is 5.97 Å². The molecule has 4 nitrogen and oxygen atoms in total. The van der Waals surface area contributed by atoms with Crippen molar-refractivity contribution in [1.82, 2.24) is 0 Å². The first-order valence-electron chi connectivity index (χ1n) is 7.78. The smallest absolute Gasteiger partial charge is 0.340 e. The number of carbonyl (C=O) groups is 1. The second-order valence-corrected chi connectivity index (χ2v) is 12.6. The molecule has 6 heteroatoms. The van der Waals surface area contributed by atoms with E-state index >= 15 is 0 Å². The van der Waals surface area contributed by atoms with E-state index in [1.807, 2.05) is 6.07 Å². The van der Waals surface area contributed by atoms with E-state index in [-0.39, 0.29) is 17.6 Å². The van der Waals surface area contributed by atoms with Crippen LogP contribution in [0.3, 0.4) is 0 Å². The maximum Gasteiger partial charge on any atom is 0.340 e. The number of methoxy groups -OCH3 is 1. The number of halogens is 1. The fourth-order valence-corrected chi connectivity index (χ4v) is 5.62. The van der Waals surface area contributed by atoms with E-state index in [4.69, 9.17) is 13.9 Å². The first-order chi connectivity index (χ1) is 10.5. The van der Waals surface area contributed by atoms with Crippen molar-refractivity contribution < 1.29 is 18.7 Å². The Labute approximate surface area is 147 Å². The van der Waals surface area contributed by atoms with Gasteiger partial charge in [0.1, 0.15) is 18.1 Å². The minimum absolute atomic E-state index is 0.0731. The zero-order chi connectivity index (χ0) is 17.6. The van der Waals surface area contributed by atoms with Crippen LogP contribution in [0, 0.1) is 5.92 Å². The number of benzene rings is 1. The SMILES string of the molecule is COc1cc(O[Si](C)(C)C(C)(C)C(C)C)c2c(c1Br)C(=O)OC2. The van der Waals surface area contributed by atoms with Gasteiger partial charge in [0.25, 0.3) is 8.32 Å². The number of esters is 1. The predicted molar refractivity (Wildman–Crippen MR) is 96.8 cm³/mol. The van der Waals surface area contributed by atoms with Crippen molar-refractivity contribution >= 4 is 30.2 Å². The lowest BCUT2D eigenvalue weighted by molar-refractivity contribution is 0.0533. The molecule has 0 aromatic heterocycles. The summed E-state index contributed by atoms with van der Waals surface area (Å²) in [5.41, 5.74) is 1.33. The summed E-state index contributed by atoms with van der Waals surface area (Å²) in [5, 5.41) is 0.0731. The highest BCUT2D eigenvalue weighted by Gasteiger charge is 2.46. The molecule has 0 aliphatic carbocycles. The van der Waals surface area contributed by atoms with Crippen molar-refractivity contribution in [2.75, 3.05) is 7.11 Å². The number of hydrogen-bond donors (Lipinski definition) is 0. The first kappa shape index (κ1) is 18.3. The molecule has 1 aliphatic rings. The van der Waals surface area contributed by atoms with Crippen molar-refractivity contribution in [2.45, 2.75) is 52.4 Å². The van der Waals surface area contributed by atoms with Crippen molar-refractivity contribution in [3.63, 3.8) is 0 Å². The number of ether oxygens (including phenoxy) is 2. The van der Waals surface area contributed by atoms with Gasteiger partial charge in [-0.2, -0.15) is 0 Å². The van der Waals surface area contributed by atoms with Crippen LogP contribution in [0.15, 0.2) is 10.5 Å². The average Bonchev–Trinajstić information content (AvgIpc) is 2.84. The minimum atomic E-state index is -2.09. The Balaban J connectivity index is 2.51. The molecule has 0 bridgehead atoms. The normalized spacial score (nSPS) is 14.7. The number of hydrogen-bond acceptors (Lipinski definition) is 4. The highest BCUT2D eigenvalue weighted by Crippen LogP contribution is 2.47. The molecule has 128 valence electrons. The van der Waals surface area contributed by atoms with Crippen molar-refractivity contribution in [2.24, 2.45) is 5.92 Å². The summed E-state index contributed by atoms with van der Waals surface area (Å²) >= 11 is 3.44. The van der Waals surface area contributed by atoms with Gasteiger partial charge in [0.05, 0.1) is 17.1 Å². The number of fused-ring (bicyclic) bond motifs is 1. The average molecular weight is 401 g/mol. The minimum Gasteiger partial charge on any atom is -0.543 e. The Bertz CT molecular complexity index is 638. The Morgan fingerprint density at radius 2 is 1.91 bits per heavy atom. The van der Waals surface area contributed by atoms with Gasteiger partial charge in [-0.3, -0.25) is 0 Å². The molecule has 0 spiro atoms. The monoisotopic (exact) mass is 400 g/mol. The van der Waals surface area contributed by atoms with Crippen molar-refractivity contribution in [3.8, 4) is 11.5 Å². The molecule has 0 saturated carbocycles. The lowest BCUT2D eigenvalue weighted by Gasteiger charge is -2.42. The molecule has 0 N–H and O–H groups in total. The van der Waals surface area contributed by atoms with E-state index in [1.165, 1.54) is 0 Å². The van der Waals surface area contributed by atoms with E-state index in [9.17, 15) is 4.79 Å².